The van der Waals surface area contributed by atoms with Crippen LogP contribution in [0.2, 0.25) is 0 Å². The Kier molecular flexibility index (Phi) is 7.13. The predicted molar refractivity (Wildman–Crippen MR) is 126 cm³/mol. The molecule has 0 heterocycles. The van der Waals surface area contributed by atoms with Crippen molar-refractivity contribution >= 4 is 0 Å². The largest absolute Gasteiger partial charge is 0.507 e. The van der Waals surface area contributed by atoms with Gasteiger partial charge in [0.1, 0.15) is 11.5 Å². The third-order valence-corrected chi connectivity index (χ3v) is 5.78. The number of hydrogen-bond acceptors (Lipinski definition) is 6. The van der Waals surface area contributed by atoms with E-state index in [0.29, 0.717) is 35.0 Å². The maximum absolute atomic E-state index is 11.5. The highest BCUT2D eigenvalue weighted by molar-refractivity contribution is 5.88. The Labute approximate surface area is 191 Å². The molecule has 1 aliphatic rings. The van der Waals surface area contributed by atoms with E-state index in [1.165, 1.54) is 0 Å². The molecule has 1 atom stereocenters. The molecule has 0 saturated heterocycles. The van der Waals surface area contributed by atoms with E-state index in [-0.39, 0.29) is 17.5 Å². The number of aromatic hydroxyl groups is 1. The van der Waals surface area contributed by atoms with E-state index in [1.54, 1.807) is 28.4 Å². The highest BCUT2D eigenvalue weighted by Crippen LogP contribution is 2.56. The van der Waals surface area contributed by atoms with Gasteiger partial charge in [0, 0.05) is 16.7 Å². The van der Waals surface area contributed by atoms with E-state index in [0.717, 1.165) is 41.5 Å². The molecule has 1 N–H and O–H groups in total. The summed E-state index contributed by atoms with van der Waals surface area (Å²) in [6.07, 6.45) is 2.79. The normalized spacial score (nSPS) is 15.4. The minimum absolute atomic E-state index is 0.235. The SMILES string of the molecule is CCCc1cc(OC)c2c(c1O)-c1c(cc(OC)c(OC)c1OC)CC[C@@H]2OC(C)(C)C. The zero-order valence-electron chi connectivity index (χ0n) is 20.5. The van der Waals surface area contributed by atoms with Crippen molar-refractivity contribution in [3.8, 4) is 39.9 Å². The van der Waals surface area contributed by atoms with E-state index in [9.17, 15) is 5.11 Å². The first-order chi connectivity index (χ1) is 15.2. The summed E-state index contributed by atoms with van der Waals surface area (Å²) in [6.45, 7) is 8.20. The lowest BCUT2D eigenvalue weighted by atomic mass is 9.89. The highest BCUT2D eigenvalue weighted by Gasteiger charge is 2.36. The van der Waals surface area contributed by atoms with Crippen molar-refractivity contribution in [1.29, 1.82) is 0 Å². The van der Waals surface area contributed by atoms with Gasteiger partial charge in [0.05, 0.1) is 40.1 Å². The fraction of sp³-hybridized carbons (Fsp3) is 0.538. The number of hydrogen-bond donors (Lipinski definition) is 1. The summed E-state index contributed by atoms with van der Waals surface area (Å²) in [6, 6.07) is 3.91. The Hall–Kier alpha value is -2.60. The molecule has 0 aliphatic heterocycles. The smallest absolute Gasteiger partial charge is 0.203 e. The number of aryl methyl sites for hydroxylation is 2. The van der Waals surface area contributed by atoms with Crippen molar-refractivity contribution in [2.75, 3.05) is 28.4 Å². The van der Waals surface area contributed by atoms with Crippen LogP contribution in [0.1, 0.15) is 63.3 Å². The molecular formula is C26H36O6. The van der Waals surface area contributed by atoms with Gasteiger partial charge in [-0.05, 0) is 63.3 Å². The molecule has 0 spiro atoms. The molecule has 6 heteroatoms. The molecule has 176 valence electrons. The quantitative estimate of drug-likeness (QED) is 0.578. The third kappa shape index (κ3) is 4.33. The van der Waals surface area contributed by atoms with Crippen LogP contribution in [0, 0.1) is 0 Å². The van der Waals surface area contributed by atoms with Crippen LogP contribution in [-0.2, 0) is 17.6 Å². The number of fused-ring (bicyclic) bond motifs is 3. The number of ether oxygens (including phenoxy) is 5. The van der Waals surface area contributed by atoms with Crippen LogP contribution in [-0.4, -0.2) is 39.1 Å². The van der Waals surface area contributed by atoms with Gasteiger partial charge in [0.15, 0.2) is 11.5 Å². The number of rotatable bonds is 7. The van der Waals surface area contributed by atoms with Crippen LogP contribution in [0.3, 0.4) is 0 Å². The first-order valence-corrected chi connectivity index (χ1v) is 11.1. The highest BCUT2D eigenvalue weighted by atomic mass is 16.5. The van der Waals surface area contributed by atoms with Gasteiger partial charge >= 0.3 is 0 Å². The minimum atomic E-state index is -0.374. The van der Waals surface area contributed by atoms with Gasteiger partial charge in [-0.2, -0.15) is 0 Å². The van der Waals surface area contributed by atoms with Crippen LogP contribution in [0.5, 0.6) is 28.7 Å². The lowest BCUT2D eigenvalue weighted by Gasteiger charge is -2.30. The van der Waals surface area contributed by atoms with Crippen molar-refractivity contribution in [3.05, 3.63) is 28.8 Å². The summed E-state index contributed by atoms with van der Waals surface area (Å²) in [5, 5.41) is 11.5. The molecule has 2 aromatic rings. The zero-order chi connectivity index (χ0) is 23.6. The number of phenolic OH excluding ortho intramolecular Hbond substituents is 1. The molecule has 0 radical (unpaired) electrons. The molecule has 0 amide bonds. The van der Waals surface area contributed by atoms with Crippen molar-refractivity contribution in [1.82, 2.24) is 0 Å². The Bertz CT molecular complexity index is 974. The molecule has 6 nitrogen and oxygen atoms in total. The van der Waals surface area contributed by atoms with Gasteiger partial charge in [-0.3, -0.25) is 0 Å². The molecule has 0 bridgehead atoms. The number of phenols is 1. The Morgan fingerprint density at radius 2 is 1.56 bits per heavy atom. The number of benzene rings is 2. The summed E-state index contributed by atoms with van der Waals surface area (Å²) >= 11 is 0. The van der Waals surface area contributed by atoms with E-state index < -0.39 is 0 Å². The van der Waals surface area contributed by atoms with Gasteiger partial charge in [0.25, 0.3) is 0 Å². The zero-order valence-corrected chi connectivity index (χ0v) is 20.5. The first kappa shape index (κ1) is 24.1. The summed E-state index contributed by atoms with van der Waals surface area (Å²) in [4.78, 5) is 0. The van der Waals surface area contributed by atoms with Crippen molar-refractivity contribution < 1.29 is 28.8 Å². The van der Waals surface area contributed by atoms with E-state index >= 15 is 0 Å². The lowest BCUT2D eigenvalue weighted by molar-refractivity contribution is -0.0651. The van der Waals surface area contributed by atoms with E-state index in [1.807, 2.05) is 32.9 Å². The maximum atomic E-state index is 11.5. The molecule has 0 aromatic heterocycles. The van der Waals surface area contributed by atoms with Crippen molar-refractivity contribution in [3.63, 3.8) is 0 Å². The molecule has 3 rings (SSSR count). The molecule has 2 aromatic carbocycles. The lowest BCUT2D eigenvalue weighted by Crippen LogP contribution is -2.23. The summed E-state index contributed by atoms with van der Waals surface area (Å²) in [5.74, 6) is 2.56. The van der Waals surface area contributed by atoms with E-state index in [2.05, 4.69) is 6.92 Å². The molecule has 0 fully saturated rings. The Morgan fingerprint density at radius 3 is 2.09 bits per heavy atom. The maximum Gasteiger partial charge on any atom is 0.203 e. The van der Waals surface area contributed by atoms with Gasteiger partial charge < -0.3 is 28.8 Å². The average molecular weight is 445 g/mol. The summed E-state index contributed by atoms with van der Waals surface area (Å²) in [7, 11) is 6.47. The molecular weight excluding hydrogens is 408 g/mol. The number of methoxy groups -OCH3 is 4. The average Bonchev–Trinajstić information content (AvgIpc) is 2.90. The second kappa shape index (κ2) is 9.49. The topological polar surface area (TPSA) is 66.4 Å². The minimum Gasteiger partial charge on any atom is -0.507 e. The van der Waals surface area contributed by atoms with Gasteiger partial charge in [-0.1, -0.05) is 13.3 Å². The fourth-order valence-corrected chi connectivity index (χ4v) is 4.57. The molecule has 32 heavy (non-hydrogen) atoms. The Balaban J connectivity index is 2.46. The van der Waals surface area contributed by atoms with Gasteiger partial charge in [-0.25, -0.2) is 0 Å². The predicted octanol–water partition coefficient (Wildman–Crippen LogP) is 5.85. The second-order valence-electron chi connectivity index (χ2n) is 9.06. The van der Waals surface area contributed by atoms with Crippen LogP contribution >= 0.6 is 0 Å². The van der Waals surface area contributed by atoms with Crippen molar-refractivity contribution in [2.24, 2.45) is 0 Å². The van der Waals surface area contributed by atoms with E-state index in [4.69, 9.17) is 23.7 Å². The fourth-order valence-electron chi connectivity index (χ4n) is 4.57. The van der Waals surface area contributed by atoms with Crippen molar-refractivity contribution in [2.45, 2.75) is 65.1 Å². The molecule has 1 aliphatic carbocycles. The first-order valence-electron chi connectivity index (χ1n) is 11.1. The van der Waals surface area contributed by atoms with Crippen LogP contribution in [0.25, 0.3) is 11.1 Å². The van der Waals surface area contributed by atoms with Gasteiger partial charge in [0.2, 0.25) is 5.75 Å². The monoisotopic (exact) mass is 444 g/mol. The summed E-state index contributed by atoms with van der Waals surface area (Å²) in [5.41, 5.74) is 3.79. The molecule has 0 saturated carbocycles. The third-order valence-electron chi connectivity index (χ3n) is 5.78. The van der Waals surface area contributed by atoms with Crippen LogP contribution in [0.15, 0.2) is 12.1 Å². The Morgan fingerprint density at radius 1 is 0.906 bits per heavy atom. The van der Waals surface area contributed by atoms with Crippen LogP contribution in [0.4, 0.5) is 0 Å². The van der Waals surface area contributed by atoms with Crippen LogP contribution < -0.4 is 18.9 Å². The van der Waals surface area contributed by atoms with Gasteiger partial charge in [-0.15, -0.1) is 0 Å². The standard InChI is InChI=1S/C26H36O6/c1-9-10-16-14-18(28-5)21-17(32-26(2,3)4)12-11-15-13-19(29-6)24(30-7)25(31-8)20(15)22(21)23(16)27/h13-14,17,27H,9-12H2,1-8H3/t17-/m0/s1. The summed E-state index contributed by atoms with van der Waals surface area (Å²) < 4.78 is 29.5. The molecule has 0 unspecified atom stereocenters. The second-order valence-corrected chi connectivity index (χ2v) is 9.06.